The fourth-order valence-electron chi connectivity index (χ4n) is 2.14. The van der Waals surface area contributed by atoms with E-state index in [4.69, 9.17) is 4.74 Å². The van der Waals surface area contributed by atoms with Crippen LogP contribution in [0.2, 0.25) is 0 Å². The number of fused-ring (bicyclic) bond motifs is 1. The number of anilines is 1. The van der Waals surface area contributed by atoms with Crippen molar-refractivity contribution in [3.63, 3.8) is 0 Å². The Kier molecular flexibility index (Phi) is 3.64. The molecular weight excluding hydrogens is 264 g/mol. The van der Waals surface area contributed by atoms with E-state index in [0.717, 1.165) is 29.0 Å². The van der Waals surface area contributed by atoms with Crippen molar-refractivity contribution in [1.29, 1.82) is 0 Å². The quantitative estimate of drug-likeness (QED) is 0.791. The highest BCUT2D eigenvalue weighted by Gasteiger charge is 2.07. The summed E-state index contributed by atoms with van der Waals surface area (Å²) in [5.74, 6) is 2.69. The van der Waals surface area contributed by atoms with Gasteiger partial charge in [-0.15, -0.1) is 0 Å². The van der Waals surface area contributed by atoms with E-state index in [-0.39, 0.29) is 0 Å². The van der Waals surface area contributed by atoms with Crippen LogP contribution in [0.1, 0.15) is 12.7 Å². The number of pyridine rings is 1. The van der Waals surface area contributed by atoms with Crippen LogP contribution in [0.4, 0.5) is 5.82 Å². The van der Waals surface area contributed by atoms with Crippen molar-refractivity contribution < 1.29 is 4.74 Å². The average molecular weight is 280 g/mol. The van der Waals surface area contributed by atoms with Crippen LogP contribution in [0.5, 0.6) is 11.6 Å². The Labute approximate surface area is 123 Å². The van der Waals surface area contributed by atoms with Gasteiger partial charge in [0.25, 0.3) is 0 Å². The number of hydrogen-bond acceptors (Lipinski definition) is 5. The van der Waals surface area contributed by atoms with Crippen molar-refractivity contribution in [2.45, 2.75) is 13.8 Å². The number of aromatic nitrogens is 3. The molecule has 2 heterocycles. The number of ether oxygens (including phenoxy) is 1. The topological polar surface area (TPSA) is 59.9 Å². The van der Waals surface area contributed by atoms with Gasteiger partial charge in [0.05, 0.1) is 5.52 Å². The smallest absolute Gasteiger partial charge is 0.224 e. The molecule has 0 saturated carbocycles. The lowest BCUT2D eigenvalue weighted by Crippen LogP contribution is -2.02. The molecule has 0 spiro atoms. The molecule has 0 aliphatic heterocycles. The minimum absolute atomic E-state index is 0.523. The summed E-state index contributed by atoms with van der Waals surface area (Å²) in [6, 6.07) is 11.5. The molecule has 1 aromatic carbocycles. The molecular formula is C16H16N4O. The molecule has 0 aliphatic carbocycles. The van der Waals surface area contributed by atoms with Crippen LogP contribution in [-0.2, 0) is 0 Å². The standard InChI is InChI=1S/C16H16N4O/c1-3-17-15-10-16(20-11(2)19-15)21-14-8-4-7-13-12(14)6-5-9-18-13/h4-10H,3H2,1-2H3,(H,17,19,20). The lowest BCUT2D eigenvalue weighted by atomic mass is 10.2. The van der Waals surface area contributed by atoms with Gasteiger partial charge in [-0.3, -0.25) is 4.98 Å². The molecule has 3 rings (SSSR count). The van der Waals surface area contributed by atoms with E-state index in [1.807, 2.05) is 44.2 Å². The maximum atomic E-state index is 5.93. The van der Waals surface area contributed by atoms with Gasteiger partial charge in [-0.05, 0) is 38.1 Å². The molecule has 0 fully saturated rings. The molecule has 1 N–H and O–H groups in total. The molecule has 0 aliphatic rings. The zero-order chi connectivity index (χ0) is 14.7. The molecule has 5 nitrogen and oxygen atoms in total. The maximum absolute atomic E-state index is 5.93. The summed E-state index contributed by atoms with van der Waals surface area (Å²) >= 11 is 0. The number of nitrogens with one attached hydrogen (secondary N) is 1. The van der Waals surface area contributed by atoms with Crippen molar-refractivity contribution in [3.05, 3.63) is 48.4 Å². The molecule has 0 radical (unpaired) electrons. The lowest BCUT2D eigenvalue weighted by molar-refractivity contribution is 0.465. The first-order valence-electron chi connectivity index (χ1n) is 6.87. The molecule has 0 atom stereocenters. The summed E-state index contributed by atoms with van der Waals surface area (Å²) in [7, 11) is 0. The van der Waals surface area contributed by atoms with Crippen molar-refractivity contribution in [2.75, 3.05) is 11.9 Å². The first-order chi connectivity index (χ1) is 10.3. The van der Waals surface area contributed by atoms with Crippen LogP contribution in [0.25, 0.3) is 10.9 Å². The maximum Gasteiger partial charge on any atom is 0.224 e. The highest BCUT2D eigenvalue weighted by atomic mass is 16.5. The number of nitrogens with zero attached hydrogens (tertiary/aromatic N) is 3. The summed E-state index contributed by atoms with van der Waals surface area (Å²) in [6.07, 6.45) is 1.77. The lowest BCUT2D eigenvalue weighted by Gasteiger charge is -2.10. The van der Waals surface area contributed by atoms with Gasteiger partial charge < -0.3 is 10.1 Å². The van der Waals surface area contributed by atoms with Crippen LogP contribution < -0.4 is 10.1 Å². The third-order valence-electron chi connectivity index (χ3n) is 2.99. The highest BCUT2D eigenvalue weighted by molar-refractivity contribution is 5.85. The van der Waals surface area contributed by atoms with E-state index in [0.29, 0.717) is 11.7 Å². The zero-order valence-corrected chi connectivity index (χ0v) is 12.0. The molecule has 21 heavy (non-hydrogen) atoms. The predicted octanol–water partition coefficient (Wildman–Crippen LogP) is 3.56. The molecule has 5 heteroatoms. The fraction of sp³-hybridized carbons (Fsp3) is 0.188. The van der Waals surface area contributed by atoms with E-state index >= 15 is 0 Å². The van der Waals surface area contributed by atoms with Gasteiger partial charge in [-0.2, -0.15) is 4.98 Å². The number of benzene rings is 1. The molecule has 0 unspecified atom stereocenters. The third kappa shape index (κ3) is 2.91. The normalized spacial score (nSPS) is 10.6. The summed E-state index contributed by atoms with van der Waals surface area (Å²) in [5, 5.41) is 4.13. The Hall–Kier alpha value is -2.69. The van der Waals surface area contributed by atoms with Gasteiger partial charge >= 0.3 is 0 Å². The van der Waals surface area contributed by atoms with Crippen LogP contribution in [0, 0.1) is 6.92 Å². The van der Waals surface area contributed by atoms with Crippen LogP contribution >= 0.6 is 0 Å². The van der Waals surface area contributed by atoms with E-state index in [1.54, 1.807) is 12.3 Å². The van der Waals surface area contributed by atoms with Crippen LogP contribution in [-0.4, -0.2) is 21.5 Å². The van der Waals surface area contributed by atoms with Gasteiger partial charge in [-0.1, -0.05) is 6.07 Å². The van der Waals surface area contributed by atoms with Gasteiger partial charge in [0, 0.05) is 24.2 Å². The van der Waals surface area contributed by atoms with Crippen LogP contribution in [0.15, 0.2) is 42.6 Å². The minimum atomic E-state index is 0.523. The second-order valence-corrected chi connectivity index (χ2v) is 4.60. The molecule has 0 amide bonds. The second kappa shape index (κ2) is 5.75. The molecule has 2 aromatic heterocycles. The van der Waals surface area contributed by atoms with E-state index in [9.17, 15) is 0 Å². The number of hydrogen-bond donors (Lipinski definition) is 1. The Balaban J connectivity index is 1.98. The average Bonchev–Trinajstić information content (AvgIpc) is 2.47. The first-order valence-corrected chi connectivity index (χ1v) is 6.87. The van der Waals surface area contributed by atoms with Crippen molar-refractivity contribution in [1.82, 2.24) is 15.0 Å². The Morgan fingerprint density at radius 3 is 2.90 bits per heavy atom. The van der Waals surface area contributed by atoms with Crippen molar-refractivity contribution in [2.24, 2.45) is 0 Å². The Bertz CT molecular complexity index is 768. The summed E-state index contributed by atoms with van der Waals surface area (Å²) < 4.78 is 5.93. The molecule has 0 saturated heterocycles. The van der Waals surface area contributed by atoms with Gasteiger partial charge in [-0.25, -0.2) is 4.98 Å². The van der Waals surface area contributed by atoms with E-state index in [2.05, 4.69) is 20.3 Å². The summed E-state index contributed by atoms with van der Waals surface area (Å²) in [6.45, 7) is 4.67. The zero-order valence-electron chi connectivity index (χ0n) is 12.0. The minimum Gasteiger partial charge on any atom is -0.438 e. The SMILES string of the molecule is CCNc1cc(Oc2cccc3ncccc23)nc(C)n1. The van der Waals surface area contributed by atoms with Crippen LogP contribution in [0.3, 0.4) is 0 Å². The van der Waals surface area contributed by atoms with E-state index in [1.165, 1.54) is 0 Å². The Morgan fingerprint density at radius 1 is 1.14 bits per heavy atom. The molecule has 106 valence electrons. The summed E-state index contributed by atoms with van der Waals surface area (Å²) in [5.41, 5.74) is 0.896. The number of aryl methyl sites for hydroxylation is 1. The molecule has 3 aromatic rings. The monoisotopic (exact) mass is 280 g/mol. The predicted molar refractivity (Wildman–Crippen MR) is 82.7 cm³/mol. The highest BCUT2D eigenvalue weighted by Crippen LogP contribution is 2.28. The summed E-state index contributed by atoms with van der Waals surface area (Å²) in [4.78, 5) is 13.0. The largest absolute Gasteiger partial charge is 0.438 e. The van der Waals surface area contributed by atoms with E-state index < -0.39 is 0 Å². The fourth-order valence-corrected chi connectivity index (χ4v) is 2.14. The van der Waals surface area contributed by atoms with Crippen molar-refractivity contribution >= 4 is 16.7 Å². The number of rotatable bonds is 4. The Morgan fingerprint density at radius 2 is 2.05 bits per heavy atom. The first kappa shape index (κ1) is 13.3. The second-order valence-electron chi connectivity index (χ2n) is 4.60. The van der Waals surface area contributed by atoms with Gasteiger partial charge in [0.15, 0.2) is 0 Å². The van der Waals surface area contributed by atoms with Gasteiger partial charge in [0.1, 0.15) is 17.4 Å². The van der Waals surface area contributed by atoms with Gasteiger partial charge in [0.2, 0.25) is 5.88 Å². The van der Waals surface area contributed by atoms with Crippen molar-refractivity contribution in [3.8, 4) is 11.6 Å². The molecule has 0 bridgehead atoms. The third-order valence-corrected chi connectivity index (χ3v) is 2.99.